The van der Waals surface area contributed by atoms with Gasteiger partial charge in [-0.05, 0) is 73.2 Å². The van der Waals surface area contributed by atoms with Crippen LogP contribution in [0.5, 0.6) is 0 Å². The summed E-state index contributed by atoms with van der Waals surface area (Å²) in [6, 6.07) is 11.6. The molecule has 0 spiro atoms. The first-order valence-corrected chi connectivity index (χ1v) is 12.6. The number of hydrogen-bond donors (Lipinski definition) is 2. The first-order valence-electron chi connectivity index (χ1n) is 11.0. The van der Waals surface area contributed by atoms with Gasteiger partial charge in [-0.15, -0.1) is 0 Å². The van der Waals surface area contributed by atoms with Crippen molar-refractivity contribution in [3.05, 3.63) is 59.5 Å². The second-order valence-electron chi connectivity index (χ2n) is 8.16. The highest BCUT2D eigenvalue weighted by Gasteiger charge is 2.28. The van der Waals surface area contributed by atoms with E-state index in [-0.39, 0.29) is 11.6 Å². The average molecular weight is 444 g/mol. The molecular weight excluding hydrogens is 413 g/mol. The third-order valence-corrected chi connectivity index (χ3v) is 8.19. The fourth-order valence-corrected chi connectivity index (χ4v) is 5.57. The number of aromatic nitrogens is 1. The molecule has 2 heterocycles. The lowest BCUT2D eigenvalue weighted by molar-refractivity contribution is 0.321. The van der Waals surface area contributed by atoms with Gasteiger partial charge in [0.25, 0.3) is 0 Å². The fraction of sp³-hybridized carbons (Fsp3) is 0.417. The van der Waals surface area contributed by atoms with Gasteiger partial charge in [-0.2, -0.15) is 0 Å². The number of fused-ring (bicyclic) bond motifs is 1. The number of H-pyrrole nitrogens is 1. The topological polar surface area (TPSA) is 65.2 Å². The predicted molar refractivity (Wildman–Crippen MR) is 124 cm³/mol. The summed E-state index contributed by atoms with van der Waals surface area (Å²) < 4.78 is 40.1. The van der Waals surface area contributed by atoms with Crippen molar-refractivity contribution in [3.63, 3.8) is 0 Å². The monoisotopic (exact) mass is 443 g/mol. The van der Waals surface area contributed by atoms with Crippen molar-refractivity contribution in [3.8, 4) is 11.1 Å². The molecule has 1 aliphatic heterocycles. The van der Waals surface area contributed by atoms with Gasteiger partial charge in [0.1, 0.15) is 5.82 Å². The molecule has 2 N–H and O–H groups in total. The SMILES string of the molecule is CCNCc1cc(-c2ccc3[nH]cc(C4CCN(S(=O)(=O)CC)CC4)c3c2)ccc1F. The minimum atomic E-state index is -3.12. The zero-order valence-corrected chi connectivity index (χ0v) is 18.9. The highest BCUT2D eigenvalue weighted by atomic mass is 32.2. The lowest BCUT2D eigenvalue weighted by Crippen LogP contribution is -2.38. The summed E-state index contributed by atoms with van der Waals surface area (Å²) in [5, 5.41) is 4.35. The Morgan fingerprint density at radius 2 is 1.81 bits per heavy atom. The van der Waals surface area contributed by atoms with Crippen LogP contribution in [0.3, 0.4) is 0 Å². The lowest BCUT2D eigenvalue weighted by Gasteiger charge is -2.30. The van der Waals surface area contributed by atoms with Crippen LogP contribution in [-0.4, -0.2) is 43.1 Å². The third-order valence-electron chi connectivity index (χ3n) is 6.31. The third kappa shape index (κ3) is 4.54. The largest absolute Gasteiger partial charge is 0.361 e. The summed E-state index contributed by atoms with van der Waals surface area (Å²) in [5.41, 5.74) is 5.01. The molecule has 0 unspecified atom stereocenters. The van der Waals surface area contributed by atoms with Crippen molar-refractivity contribution >= 4 is 20.9 Å². The molecule has 3 aromatic rings. The zero-order valence-electron chi connectivity index (χ0n) is 18.1. The highest BCUT2D eigenvalue weighted by molar-refractivity contribution is 7.89. The number of halogens is 1. The Bertz CT molecular complexity index is 1160. The first-order chi connectivity index (χ1) is 14.9. The van der Waals surface area contributed by atoms with E-state index >= 15 is 0 Å². The highest BCUT2D eigenvalue weighted by Crippen LogP contribution is 2.36. The number of piperidine rings is 1. The quantitative estimate of drug-likeness (QED) is 0.560. The Morgan fingerprint density at radius 1 is 1.10 bits per heavy atom. The van der Waals surface area contributed by atoms with Gasteiger partial charge in [0, 0.05) is 42.3 Å². The van der Waals surface area contributed by atoms with Gasteiger partial charge >= 0.3 is 0 Å². The number of benzene rings is 2. The molecule has 31 heavy (non-hydrogen) atoms. The summed E-state index contributed by atoms with van der Waals surface area (Å²) in [7, 11) is -3.12. The van der Waals surface area contributed by atoms with Crippen LogP contribution in [0.4, 0.5) is 4.39 Å². The number of sulfonamides is 1. The maximum Gasteiger partial charge on any atom is 0.213 e. The molecule has 0 aliphatic carbocycles. The summed E-state index contributed by atoms with van der Waals surface area (Å²) >= 11 is 0. The number of nitrogens with zero attached hydrogens (tertiary/aromatic N) is 1. The van der Waals surface area contributed by atoms with E-state index in [0.29, 0.717) is 31.1 Å². The number of nitrogens with one attached hydrogen (secondary N) is 2. The molecule has 1 aliphatic rings. The normalized spacial score (nSPS) is 16.2. The molecule has 1 aromatic heterocycles. The van der Waals surface area contributed by atoms with Gasteiger partial charge in [-0.1, -0.05) is 19.1 Å². The lowest BCUT2D eigenvalue weighted by atomic mass is 9.89. The van der Waals surface area contributed by atoms with Crippen LogP contribution in [0, 0.1) is 5.82 Å². The van der Waals surface area contributed by atoms with Gasteiger partial charge in [-0.3, -0.25) is 0 Å². The zero-order chi connectivity index (χ0) is 22.0. The smallest absolute Gasteiger partial charge is 0.213 e. The van der Waals surface area contributed by atoms with E-state index in [1.54, 1.807) is 11.2 Å². The Kier molecular flexibility index (Phi) is 6.46. The Hall–Kier alpha value is -2.22. The van der Waals surface area contributed by atoms with Crippen LogP contribution in [0.15, 0.2) is 42.6 Å². The molecule has 2 aromatic carbocycles. The first kappa shape index (κ1) is 22.0. The van der Waals surface area contributed by atoms with Crippen LogP contribution in [0.1, 0.15) is 43.7 Å². The van der Waals surface area contributed by atoms with Gasteiger partial charge in [0.2, 0.25) is 10.0 Å². The van der Waals surface area contributed by atoms with E-state index in [1.165, 1.54) is 11.6 Å². The maximum atomic E-state index is 14.2. The second-order valence-corrected chi connectivity index (χ2v) is 10.4. The van der Waals surface area contributed by atoms with Crippen molar-refractivity contribution in [2.45, 2.75) is 39.2 Å². The van der Waals surface area contributed by atoms with Gasteiger partial charge in [0.15, 0.2) is 0 Å². The number of rotatable bonds is 7. The van der Waals surface area contributed by atoms with Crippen LogP contribution in [-0.2, 0) is 16.6 Å². The van der Waals surface area contributed by atoms with E-state index in [0.717, 1.165) is 41.4 Å². The molecular formula is C24H30FN3O2S. The van der Waals surface area contributed by atoms with Crippen molar-refractivity contribution in [2.24, 2.45) is 0 Å². The molecule has 4 rings (SSSR count). The molecule has 1 saturated heterocycles. The van der Waals surface area contributed by atoms with Crippen molar-refractivity contribution in [2.75, 3.05) is 25.4 Å². The average Bonchev–Trinajstić information content (AvgIpc) is 3.22. The summed E-state index contributed by atoms with van der Waals surface area (Å²) in [6.45, 7) is 6.14. The number of hydrogen-bond acceptors (Lipinski definition) is 3. The summed E-state index contributed by atoms with van der Waals surface area (Å²) in [6.07, 6.45) is 3.70. The van der Waals surface area contributed by atoms with E-state index in [2.05, 4.69) is 34.7 Å². The molecule has 7 heteroatoms. The van der Waals surface area contributed by atoms with Crippen LogP contribution >= 0.6 is 0 Å². The van der Waals surface area contributed by atoms with E-state index in [4.69, 9.17) is 0 Å². The molecule has 0 atom stereocenters. The fourth-order valence-electron chi connectivity index (χ4n) is 4.44. The molecule has 1 fully saturated rings. The molecule has 166 valence electrons. The van der Waals surface area contributed by atoms with Gasteiger partial charge in [0.05, 0.1) is 5.75 Å². The van der Waals surface area contributed by atoms with Crippen molar-refractivity contribution < 1.29 is 12.8 Å². The van der Waals surface area contributed by atoms with E-state index in [1.807, 2.05) is 19.1 Å². The van der Waals surface area contributed by atoms with Crippen LogP contribution < -0.4 is 5.32 Å². The van der Waals surface area contributed by atoms with Crippen molar-refractivity contribution in [1.29, 1.82) is 0 Å². The summed E-state index contributed by atoms with van der Waals surface area (Å²) in [4.78, 5) is 3.36. The number of aromatic amines is 1. The maximum absolute atomic E-state index is 14.2. The van der Waals surface area contributed by atoms with Gasteiger partial charge in [-0.25, -0.2) is 17.1 Å². The molecule has 0 saturated carbocycles. The van der Waals surface area contributed by atoms with E-state index in [9.17, 15) is 12.8 Å². The minimum Gasteiger partial charge on any atom is -0.361 e. The standard InChI is InChI=1S/C24H30FN3O2S/c1-3-26-15-20-13-18(5-7-23(20)25)19-6-8-24-21(14-19)22(16-27-24)17-9-11-28(12-10-17)31(29,30)4-2/h5-8,13-14,16-17,26-27H,3-4,9-12,15H2,1-2H3. The Morgan fingerprint density at radius 3 is 2.52 bits per heavy atom. The molecule has 0 radical (unpaired) electrons. The second kappa shape index (κ2) is 9.10. The van der Waals surface area contributed by atoms with Gasteiger partial charge < -0.3 is 10.3 Å². The predicted octanol–water partition coefficient (Wildman–Crippen LogP) is 4.61. The molecule has 0 amide bonds. The molecule has 0 bridgehead atoms. The molecule has 5 nitrogen and oxygen atoms in total. The van der Waals surface area contributed by atoms with Crippen LogP contribution in [0.2, 0.25) is 0 Å². The Labute approximate surface area is 183 Å². The Balaban J connectivity index is 1.61. The van der Waals surface area contributed by atoms with E-state index < -0.39 is 10.0 Å². The summed E-state index contributed by atoms with van der Waals surface area (Å²) in [5.74, 6) is 0.286. The van der Waals surface area contributed by atoms with Crippen LogP contribution in [0.25, 0.3) is 22.0 Å². The van der Waals surface area contributed by atoms with Crippen molar-refractivity contribution in [1.82, 2.24) is 14.6 Å². The minimum absolute atomic E-state index is 0.154.